The van der Waals surface area contributed by atoms with Crippen LogP contribution in [-0.4, -0.2) is 15.4 Å². The van der Waals surface area contributed by atoms with Crippen molar-refractivity contribution in [3.8, 4) is 17.6 Å². The van der Waals surface area contributed by atoms with Crippen LogP contribution < -0.4 is 15.3 Å². The van der Waals surface area contributed by atoms with E-state index < -0.39 is 0 Å². The first-order valence-corrected chi connectivity index (χ1v) is 8.58. The number of hydrogen-bond acceptors (Lipinski definition) is 7. The normalized spacial score (nSPS) is 10.3. The molecule has 2 aromatic carbocycles. The quantitative estimate of drug-likeness (QED) is 0.539. The van der Waals surface area contributed by atoms with Crippen LogP contribution in [0.25, 0.3) is 0 Å². The van der Waals surface area contributed by atoms with Gasteiger partial charge < -0.3 is 10.1 Å². The van der Waals surface area contributed by atoms with Crippen molar-refractivity contribution < 1.29 is 15.2 Å². The Hall–Kier alpha value is -3.60. The van der Waals surface area contributed by atoms with Crippen LogP contribution >= 0.6 is 0 Å². The summed E-state index contributed by atoms with van der Waals surface area (Å²) in [5.74, 6) is 1.08. The summed E-state index contributed by atoms with van der Waals surface area (Å²) >= 11 is 0. The molecule has 0 aliphatic rings. The number of benzene rings is 2. The van der Waals surface area contributed by atoms with Gasteiger partial charge in [-0.1, -0.05) is 17.7 Å². The van der Waals surface area contributed by atoms with Gasteiger partial charge in [0.15, 0.2) is 0 Å². The maximum Gasteiger partial charge on any atom is 0.207 e. The van der Waals surface area contributed by atoms with Gasteiger partial charge >= 0.3 is 0 Å². The van der Waals surface area contributed by atoms with Crippen molar-refractivity contribution in [1.29, 1.82) is 5.26 Å². The van der Waals surface area contributed by atoms with Gasteiger partial charge in [0.1, 0.15) is 11.5 Å². The predicted molar refractivity (Wildman–Crippen MR) is 105 cm³/mol. The number of anilines is 3. The first kappa shape index (κ1) is 19.2. The summed E-state index contributed by atoms with van der Waals surface area (Å²) in [6, 6.07) is 14.5. The van der Waals surface area contributed by atoms with Crippen LogP contribution in [0.15, 0.2) is 48.7 Å². The van der Waals surface area contributed by atoms with E-state index in [1.54, 1.807) is 30.3 Å². The van der Waals surface area contributed by atoms with E-state index in [1.807, 2.05) is 32.9 Å². The molecule has 0 spiro atoms. The van der Waals surface area contributed by atoms with Gasteiger partial charge in [0.05, 0.1) is 23.5 Å². The minimum absolute atomic E-state index is 0.0574. The fraction of sp³-hybridized carbons (Fsp3) is 0.143. The van der Waals surface area contributed by atoms with E-state index in [0.717, 1.165) is 22.4 Å². The number of pyridine rings is 1. The topological polar surface area (TPSA) is 102 Å². The van der Waals surface area contributed by atoms with Crippen molar-refractivity contribution in [3.05, 3.63) is 70.9 Å². The number of nitriles is 1. The van der Waals surface area contributed by atoms with E-state index in [1.165, 1.54) is 6.20 Å². The Bertz CT molecular complexity index is 1020. The van der Waals surface area contributed by atoms with Crippen molar-refractivity contribution in [1.82, 2.24) is 4.98 Å². The molecule has 0 radical (unpaired) electrons. The Labute approximate surface area is 163 Å². The fourth-order valence-corrected chi connectivity index (χ4v) is 2.97. The lowest BCUT2D eigenvalue weighted by Crippen LogP contribution is -2.14. The highest BCUT2D eigenvalue weighted by molar-refractivity contribution is 5.72. The van der Waals surface area contributed by atoms with Crippen molar-refractivity contribution in [2.45, 2.75) is 20.8 Å². The third-order valence-electron chi connectivity index (χ3n) is 4.15. The Kier molecular flexibility index (Phi) is 5.45. The summed E-state index contributed by atoms with van der Waals surface area (Å²) in [7, 11) is 0. The summed E-state index contributed by atoms with van der Waals surface area (Å²) < 4.78 is 6.02. The van der Waals surface area contributed by atoms with E-state index in [9.17, 15) is 10.4 Å². The van der Waals surface area contributed by atoms with Crippen LogP contribution in [0.5, 0.6) is 11.5 Å². The third kappa shape index (κ3) is 4.20. The number of hydrogen-bond donors (Lipinski definition) is 3. The largest absolute Gasteiger partial charge is 0.455 e. The summed E-state index contributed by atoms with van der Waals surface area (Å²) in [5, 5.41) is 30.8. The summed E-state index contributed by atoms with van der Waals surface area (Å²) in [5.41, 5.74) is 4.65. The van der Waals surface area contributed by atoms with Crippen LogP contribution in [0.3, 0.4) is 0 Å². The SMILES string of the molecule is Cc1cc(C)c(Oc2cnc(N(O)O)c(Nc3ccc(C#N)cc3)c2)c(C)c1. The molecule has 7 nitrogen and oxygen atoms in total. The van der Waals surface area contributed by atoms with E-state index in [-0.39, 0.29) is 11.0 Å². The molecule has 0 saturated heterocycles. The molecule has 3 N–H and O–H groups in total. The monoisotopic (exact) mass is 376 g/mol. The second-order valence-electron chi connectivity index (χ2n) is 6.48. The lowest BCUT2D eigenvalue weighted by atomic mass is 10.1. The molecule has 0 bridgehead atoms. The molecule has 0 fully saturated rings. The smallest absolute Gasteiger partial charge is 0.207 e. The lowest BCUT2D eigenvalue weighted by Gasteiger charge is -2.17. The minimum atomic E-state index is -0.0888. The Morgan fingerprint density at radius 2 is 1.68 bits per heavy atom. The van der Waals surface area contributed by atoms with Gasteiger partial charge in [-0.05, 0) is 56.2 Å². The van der Waals surface area contributed by atoms with E-state index in [0.29, 0.717) is 22.7 Å². The average Bonchev–Trinajstić information content (AvgIpc) is 2.65. The second-order valence-corrected chi connectivity index (χ2v) is 6.48. The molecule has 0 aliphatic carbocycles. The van der Waals surface area contributed by atoms with Crippen LogP contribution in [-0.2, 0) is 0 Å². The molecule has 7 heteroatoms. The van der Waals surface area contributed by atoms with Crippen LogP contribution in [0.2, 0.25) is 0 Å². The molecule has 1 heterocycles. The molecule has 142 valence electrons. The fourth-order valence-electron chi connectivity index (χ4n) is 2.97. The first-order chi connectivity index (χ1) is 13.4. The number of nitrogens with zero attached hydrogens (tertiary/aromatic N) is 3. The number of nitrogens with one attached hydrogen (secondary N) is 1. The van der Waals surface area contributed by atoms with Gasteiger partial charge in [0, 0.05) is 11.8 Å². The number of rotatable bonds is 5. The van der Waals surface area contributed by atoms with Crippen LogP contribution in [0.4, 0.5) is 17.2 Å². The highest BCUT2D eigenvalue weighted by Crippen LogP contribution is 2.34. The maximum absolute atomic E-state index is 9.47. The molecule has 0 unspecified atom stereocenters. The Morgan fingerprint density at radius 3 is 2.25 bits per heavy atom. The summed E-state index contributed by atoms with van der Waals surface area (Å²) in [6.07, 6.45) is 1.41. The van der Waals surface area contributed by atoms with Gasteiger partial charge in [-0.15, -0.1) is 5.23 Å². The maximum atomic E-state index is 9.47. The van der Waals surface area contributed by atoms with Crippen molar-refractivity contribution >= 4 is 17.2 Å². The number of aromatic nitrogens is 1. The zero-order valence-corrected chi connectivity index (χ0v) is 15.8. The molecule has 0 atom stereocenters. The highest BCUT2D eigenvalue weighted by atomic mass is 16.8. The van der Waals surface area contributed by atoms with E-state index in [2.05, 4.69) is 16.4 Å². The number of ether oxygens (including phenoxy) is 1. The van der Waals surface area contributed by atoms with E-state index in [4.69, 9.17) is 10.00 Å². The van der Waals surface area contributed by atoms with Crippen molar-refractivity contribution in [2.24, 2.45) is 0 Å². The lowest BCUT2D eigenvalue weighted by molar-refractivity contribution is 0.0272. The predicted octanol–water partition coefficient (Wildman–Crippen LogP) is 5.00. The van der Waals surface area contributed by atoms with Gasteiger partial charge in [0.2, 0.25) is 5.82 Å². The summed E-state index contributed by atoms with van der Waals surface area (Å²) in [4.78, 5) is 4.07. The molecular weight excluding hydrogens is 356 g/mol. The van der Waals surface area contributed by atoms with Gasteiger partial charge in [-0.25, -0.2) is 4.98 Å². The molecule has 0 aliphatic heterocycles. The molecule has 3 rings (SSSR count). The van der Waals surface area contributed by atoms with Gasteiger partial charge in [-0.2, -0.15) is 5.26 Å². The Morgan fingerprint density at radius 1 is 1.04 bits per heavy atom. The minimum Gasteiger partial charge on any atom is -0.455 e. The molecule has 28 heavy (non-hydrogen) atoms. The molecule has 1 aromatic heterocycles. The van der Waals surface area contributed by atoms with Gasteiger partial charge in [0.25, 0.3) is 0 Å². The second kappa shape index (κ2) is 7.96. The van der Waals surface area contributed by atoms with Crippen LogP contribution in [0, 0.1) is 32.1 Å². The highest BCUT2D eigenvalue weighted by Gasteiger charge is 2.14. The van der Waals surface area contributed by atoms with Gasteiger partial charge in [-0.3, -0.25) is 10.4 Å². The van der Waals surface area contributed by atoms with Crippen LogP contribution in [0.1, 0.15) is 22.3 Å². The molecular formula is C21H20N4O3. The molecule has 0 saturated carbocycles. The molecule has 0 amide bonds. The average molecular weight is 376 g/mol. The van der Waals surface area contributed by atoms with E-state index >= 15 is 0 Å². The Balaban J connectivity index is 1.94. The standard InChI is InChI=1S/C21H20N4O3/c1-13-8-14(2)20(15(3)9-13)28-18-10-19(21(23-12-18)25(26)27)24-17-6-4-16(11-22)5-7-17/h4-10,12,24,26-27H,1-3H3. The zero-order valence-electron chi connectivity index (χ0n) is 15.8. The third-order valence-corrected chi connectivity index (χ3v) is 4.15. The number of aryl methyl sites for hydroxylation is 3. The van der Waals surface area contributed by atoms with Crippen molar-refractivity contribution in [3.63, 3.8) is 0 Å². The first-order valence-electron chi connectivity index (χ1n) is 8.58. The van der Waals surface area contributed by atoms with Crippen molar-refractivity contribution in [2.75, 3.05) is 10.5 Å². The summed E-state index contributed by atoms with van der Waals surface area (Å²) in [6.45, 7) is 5.96. The zero-order chi connectivity index (χ0) is 20.3. The molecule has 3 aromatic rings.